The molecule has 0 bridgehead atoms. The molecule has 0 saturated heterocycles. The maximum atomic E-state index is 9.06. The maximum Gasteiger partial charge on any atom is 0.145 e. The second-order valence-electron chi connectivity index (χ2n) is 5.74. The zero-order chi connectivity index (χ0) is 16.1. The van der Waals surface area contributed by atoms with Gasteiger partial charge in [-0.25, -0.2) is 4.98 Å². The highest BCUT2D eigenvalue weighted by Gasteiger charge is 2.14. The number of aryl methyl sites for hydroxylation is 2. The fourth-order valence-corrected chi connectivity index (χ4v) is 2.33. The van der Waals surface area contributed by atoms with Gasteiger partial charge in [0.1, 0.15) is 17.6 Å². The summed E-state index contributed by atoms with van der Waals surface area (Å²) in [5.41, 5.74) is 3.89. The molecule has 0 radical (unpaired) electrons. The Balaban J connectivity index is 2.13. The highest BCUT2D eigenvalue weighted by Crippen LogP contribution is 2.20. The number of hydrogen-bond donors (Lipinski definition) is 1. The smallest absolute Gasteiger partial charge is 0.145 e. The summed E-state index contributed by atoms with van der Waals surface area (Å²) in [5, 5.41) is 12.4. The summed E-state index contributed by atoms with van der Waals surface area (Å²) in [5.74, 6) is 0.737. The summed E-state index contributed by atoms with van der Waals surface area (Å²) < 4.78 is 0. The van der Waals surface area contributed by atoms with Crippen molar-refractivity contribution in [3.8, 4) is 6.07 Å². The van der Waals surface area contributed by atoms with Gasteiger partial charge in [-0.15, -0.1) is 0 Å². The summed E-state index contributed by atoms with van der Waals surface area (Å²) in [7, 11) is 4.13. The van der Waals surface area contributed by atoms with Crippen LogP contribution in [0.1, 0.15) is 28.4 Å². The number of aromatic nitrogens is 1. The van der Waals surface area contributed by atoms with Gasteiger partial charge in [0.05, 0.1) is 6.04 Å². The van der Waals surface area contributed by atoms with Gasteiger partial charge in [-0.05, 0) is 45.1 Å². The molecular formula is C18H22N4. The van der Waals surface area contributed by atoms with Crippen molar-refractivity contribution < 1.29 is 0 Å². The molecule has 4 heteroatoms. The molecule has 0 saturated carbocycles. The van der Waals surface area contributed by atoms with Crippen LogP contribution in [0, 0.1) is 25.2 Å². The van der Waals surface area contributed by atoms with Gasteiger partial charge >= 0.3 is 0 Å². The van der Waals surface area contributed by atoms with E-state index >= 15 is 0 Å². The average molecular weight is 294 g/mol. The molecule has 114 valence electrons. The van der Waals surface area contributed by atoms with Crippen LogP contribution in [0.25, 0.3) is 0 Å². The Hall–Kier alpha value is -2.38. The van der Waals surface area contributed by atoms with Gasteiger partial charge in [0.15, 0.2) is 0 Å². The minimum absolute atomic E-state index is 0.245. The van der Waals surface area contributed by atoms with Crippen molar-refractivity contribution in [1.29, 1.82) is 5.26 Å². The first kappa shape index (κ1) is 16.0. The van der Waals surface area contributed by atoms with Gasteiger partial charge in [0.25, 0.3) is 0 Å². The number of benzene rings is 1. The summed E-state index contributed by atoms with van der Waals surface area (Å²) in [6.07, 6.45) is 0. The fourth-order valence-electron chi connectivity index (χ4n) is 2.33. The van der Waals surface area contributed by atoms with E-state index in [4.69, 9.17) is 5.26 Å². The van der Waals surface area contributed by atoms with E-state index in [1.165, 1.54) is 11.1 Å². The highest BCUT2D eigenvalue weighted by molar-refractivity contribution is 5.43. The fraction of sp³-hybridized carbons (Fsp3) is 0.333. The Morgan fingerprint density at radius 2 is 1.82 bits per heavy atom. The van der Waals surface area contributed by atoms with Crippen molar-refractivity contribution in [3.63, 3.8) is 0 Å². The molecule has 0 fully saturated rings. The Morgan fingerprint density at radius 1 is 1.14 bits per heavy atom. The molecule has 1 heterocycles. The first-order valence-corrected chi connectivity index (χ1v) is 7.36. The van der Waals surface area contributed by atoms with E-state index in [0.29, 0.717) is 5.69 Å². The van der Waals surface area contributed by atoms with E-state index in [0.717, 1.165) is 17.9 Å². The summed E-state index contributed by atoms with van der Waals surface area (Å²) in [6, 6.07) is 14.8. The van der Waals surface area contributed by atoms with Crippen LogP contribution < -0.4 is 5.32 Å². The Kier molecular flexibility index (Phi) is 5.13. The predicted octanol–water partition coefficient (Wildman–Crippen LogP) is 3.28. The molecule has 0 amide bonds. The Labute approximate surface area is 132 Å². The molecule has 0 spiro atoms. The van der Waals surface area contributed by atoms with Crippen molar-refractivity contribution in [2.24, 2.45) is 0 Å². The maximum absolute atomic E-state index is 9.06. The van der Waals surface area contributed by atoms with Crippen molar-refractivity contribution in [2.45, 2.75) is 19.9 Å². The first-order valence-electron chi connectivity index (χ1n) is 7.36. The van der Waals surface area contributed by atoms with Crippen LogP contribution >= 0.6 is 0 Å². The van der Waals surface area contributed by atoms with Crippen LogP contribution in [0.4, 0.5) is 5.82 Å². The lowest BCUT2D eigenvalue weighted by molar-refractivity contribution is 0.311. The number of rotatable bonds is 5. The standard InChI is InChI=1S/C18H22N4/c1-13-5-8-15(9-6-13)17(22(3)4)12-20-18-10-7-14(2)16(11-19)21-18/h5-10,17H,12H2,1-4H3,(H,20,21). The van der Waals surface area contributed by atoms with Crippen LogP contribution in [0.5, 0.6) is 0 Å². The third-order valence-electron chi connectivity index (χ3n) is 3.76. The van der Waals surface area contributed by atoms with Gasteiger partial charge in [-0.2, -0.15) is 5.26 Å². The zero-order valence-electron chi connectivity index (χ0n) is 13.6. The lowest BCUT2D eigenvalue weighted by atomic mass is 10.0. The van der Waals surface area contributed by atoms with Crippen molar-refractivity contribution in [3.05, 3.63) is 58.8 Å². The van der Waals surface area contributed by atoms with Gasteiger partial charge in [-0.1, -0.05) is 35.9 Å². The summed E-state index contributed by atoms with van der Waals surface area (Å²) >= 11 is 0. The first-order chi connectivity index (χ1) is 10.5. The second-order valence-corrected chi connectivity index (χ2v) is 5.74. The molecule has 1 aromatic heterocycles. The van der Waals surface area contributed by atoms with Crippen LogP contribution in [0.2, 0.25) is 0 Å². The van der Waals surface area contributed by atoms with Gasteiger partial charge < -0.3 is 10.2 Å². The third-order valence-corrected chi connectivity index (χ3v) is 3.76. The molecule has 0 aliphatic heterocycles. The van der Waals surface area contributed by atoms with E-state index in [-0.39, 0.29) is 6.04 Å². The lowest BCUT2D eigenvalue weighted by Gasteiger charge is -2.25. The molecule has 22 heavy (non-hydrogen) atoms. The molecular weight excluding hydrogens is 272 g/mol. The second kappa shape index (κ2) is 7.06. The molecule has 1 aromatic carbocycles. The largest absolute Gasteiger partial charge is 0.368 e. The zero-order valence-corrected chi connectivity index (χ0v) is 13.6. The molecule has 2 aromatic rings. The molecule has 4 nitrogen and oxygen atoms in total. The SMILES string of the molecule is Cc1ccc(C(CNc2ccc(C)c(C#N)n2)N(C)C)cc1. The van der Waals surface area contributed by atoms with Crippen LogP contribution in [-0.2, 0) is 0 Å². The molecule has 1 atom stereocenters. The molecule has 0 aliphatic rings. The normalized spacial score (nSPS) is 12.0. The molecule has 1 unspecified atom stereocenters. The lowest BCUT2D eigenvalue weighted by Crippen LogP contribution is -2.27. The summed E-state index contributed by atoms with van der Waals surface area (Å²) in [6.45, 7) is 4.72. The average Bonchev–Trinajstić information content (AvgIpc) is 2.50. The van der Waals surface area contributed by atoms with Crippen molar-refractivity contribution in [2.75, 3.05) is 26.0 Å². The van der Waals surface area contributed by atoms with E-state index in [1.54, 1.807) is 0 Å². The number of anilines is 1. The number of nitrogens with one attached hydrogen (secondary N) is 1. The van der Waals surface area contributed by atoms with E-state index in [9.17, 15) is 0 Å². The number of pyridine rings is 1. The van der Waals surface area contributed by atoms with Gasteiger partial charge in [0, 0.05) is 6.54 Å². The van der Waals surface area contributed by atoms with Crippen molar-refractivity contribution >= 4 is 5.82 Å². The Morgan fingerprint density at radius 3 is 2.41 bits per heavy atom. The van der Waals surface area contributed by atoms with Gasteiger partial charge in [-0.3, -0.25) is 0 Å². The number of likely N-dealkylation sites (N-methyl/N-ethyl adjacent to an activating group) is 1. The topological polar surface area (TPSA) is 52.0 Å². The minimum atomic E-state index is 0.245. The number of nitrogens with zero attached hydrogens (tertiary/aromatic N) is 3. The van der Waals surface area contributed by atoms with Crippen LogP contribution in [0.3, 0.4) is 0 Å². The minimum Gasteiger partial charge on any atom is -0.368 e. The van der Waals surface area contributed by atoms with Crippen molar-refractivity contribution in [1.82, 2.24) is 9.88 Å². The summed E-state index contributed by atoms with van der Waals surface area (Å²) in [4.78, 5) is 6.52. The molecule has 2 rings (SSSR count). The molecule has 0 aliphatic carbocycles. The van der Waals surface area contributed by atoms with E-state index in [2.05, 4.69) is 66.6 Å². The van der Waals surface area contributed by atoms with Crippen LogP contribution in [-0.4, -0.2) is 30.5 Å². The number of nitriles is 1. The monoisotopic (exact) mass is 294 g/mol. The van der Waals surface area contributed by atoms with Crippen LogP contribution in [0.15, 0.2) is 36.4 Å². The third kappa shape index (κ3) is 3.84. The van der Waals surface area contributed by atoms with E-state index in [1.807, 2.05) is 19.1 Å². The van der Waals surface area contributed by atoms with Gasteiger partial charge in [0.2, 0.25) is 0 Å². The highest BCUT2D eigenvalue weighted by atomic mass is 15.1. The predicted molar refractivity (Wildman–Crippen MR) is 89.8 cm³/mol. The molecule has 1 N–H and O–H groups in total. The Bertz CT molecular complexity index is 668. The van der Waals surface area contributed by atoms with E-state index < -0.39 is 0 Å². The number of hydrogen-bond acceptors (Lipinski definition) is 4. The quantitative estimate of drug-likeness (QED) is 0.919.